The molecule has 2 aliphatic heterocycles. The second-order valence-electron chi connectivity index (χ2n) is 4.54. The Morgan fingerprint density at radius 3 is 2.75 bits per heavy atom. The van der Waals surface area contributed by atoms with Crippen LogP contribution in [0.1, 0.15) is 27.2 Å². The van der Waals surface area contributed by atoms with Crippen molar-refractivity contribution in [3.8, 4) is 0 Å². The van der Waals surface area contributed by atoms with Gasteiger partial charge in [-0.3, -0.25) is 4.90 Å². The summed E-state index contributed by atoms with van der Waals surface area (Å²) in [4.78, 5) is 2.63. The molecule has 1 N–H and O–H groups in total. The maximum atomic E-state index is 3.59. The zero-order chi connectivity index (χ0) is 8.72. The Balaban J connectivity index is 2.05. The standard InChI is InChI=1S/C10H20N2/c1-7(2)12-6-10-9(8(12)3)4-5-11-10/h7-11H,4-6H2,1-3H3. The van der Waals surface area contributed by atoms with Crippen molar-refractivity contribution < 1.29 is 0 Å². The molecule has 2 aliphatic rings. The zero-order valence-corrected chi connectivity index (χ0v) is 8.38. The van der Waals surface area contributed by atoms with Crippen molar-refractivity contribution in [3.63, 3.8) is 0 Å². The summed E-state index contributed by atoms with van der Waals surface area (Å²) >= 11 is 0. The second-order valence-corrected chi connectivity index (χ2v) is 4.54. The number of fused-ring (bicyclic) bond motifs is 1. The fraction of sp³-hybridized carbons (Fsp3) is 1.00. The van der Waals surface area contributed by atoms with E-state index in [4.69, 9.17) is 0 Å². The van der Waals surface area contributed by atoms with Crippen molar-refractivity contribution in [2.24, 2.45) is 5.92 Å². The van der Waals surface area contributed by atoms with E-state index in [1.807, 2.05) is 0 Å². The molecule has 2 heteroatoms. The van der Waals surface area contributed by atoms with E-state index in [1.54, 1.807) is 0 Å². The van der Waals surface area contributed by atoms with Crippen LogP contribution in [0, 0.1) is 5.92 Å². The Hall–Kier alpha value is -0.0800. The third-order valence-electron chi connectivity index (χ3n) is 3.61. The molecule has 0 radical (unpaired) electrons. The number of rotatable bonds is 1. The molecular weight excluding hydrogens is 148 g/mol. The van der Waals surface area contributed by atoms with Crippen LogP contribution in [0.3, 0.4) is 0 Å². The van der Waals surface area contributed by atoms with Crippen molar-refractivity contribution in [1.82, 2.24) is 10.2 Å². The first-order chi connectivity index (χ1) is 5.70. The molecule has 12 heavy (non-hydrogen) atoms. The molecule has 2 fully saturated rings. The predicted molar refractivity (Wildman–Crippen MR) is 51.2 cm³/mol. The molecule has 2 rings (SSSR count). The minimum absolute atomic E-state index is 0.715. The van der Waals surface area contributed by atoms with Gasteiger partial charge in [-0.05, 0) is 39.7 Å². The van der Waals surface area contributed by atoms with Gasteiger partial charge in [0.2, 0.25) is 0 Å². The van der Waals surface area contributed by atoms with Gasteiger partial charge in [0, 0.05) is 24.7 Å². The van der Waals surface area contributed by atoms with E-state index in [1.165, 1.54) is 19.5 Å². The highest BCUT2D eigenvalue weighted by Gasteiger charge is 2.42. The van der Waals surface area contributed by atoms with E-state index in [0.717, 1.165) is 18.0 Å². The first kappa shape index (κ1) is 8.52. The SMILES string of the molecule is CC(C)N1CC2NCCC2C1C. The molecule has 0 aromatic heterocycles. The fourth-order valence-electron chi connectivity index (χ4n) is 2.89. The van der Waals surface area contributed by atoms with Crippen molar-refractivity contribution >= 4 is 0 Å². The van der Waals surface area contributed by atoms with E-state index < -0.39 is 0 Å². The monoisotopic (exact) mass is 168 g/mol. The van der Waals surface area contributed by atoms with Gasteiger partial charge in [0.25, 0.3) is 0 Å². The summed E-state index contributed by atoms with van der Waals surface area (Å²) in [6.07, 6.45) is 1.38. The molecule has 0 amide bonds. The second kappa shape index (κ2) is 3.00. The number of nitrogens with one attached hydrogen (secondary N) is 1. The van der Waals surface area contributed by atoms with Crippen LogP contribution in [-0.4, -0.2) is 36.1 Å². The molecule has 3 atom stereocenters. The van der Waals surface area contributed by atoms with E-state index >= 15 is 0 Å². The molecule has 70 valence electrons. The van der Waals surface area contributed by atoms with Crippen LogP contribution in [0.5, 0.6) is 0 Å². The maximum Gasteiger partial charge on any atom is 0.0238 e. The van der Waals surface area contributed by atoms with Gasteiger partial charge >= 0.3 is 0 Å². The van der Waals surface area contributed by atoms with Gasteiger partial charge in [0.15, 0.2) is 0 Å². The summed E-state index contributed by atoms with van der Waals surface area (Å²) in [5.74, 6) is 0.924. The highest BCUT2D eigenvalue weighted by Crippen LogP contribution is 2.31. The Kier molecular flexibility index (Phi) is 2.13. The molecule has 0 bridgehead atoms. The van der Waals surface area contributed by atoms with Crippen molar-refractivity contribution in [3.05, 3.63) is 0 Å². The van der Waals surface area contributed by atoms with Gasteiger partial charge in [-0.1, -0.05) is 0 Å². The number of likely N-dealkylation sites (tertiary alicyclic amines) is 1. The third kappa shape index (κ3) is 1.17. The summed E-state index contributed by atoms with van der Waals surface area (Å²) in [5, 5.41) is 3.59. The number of hydrogen-bond donors (Lipinski definition) is 1. The Morgan fingerprint density at radius 2 is 2.17 bits per heavy atom. The van der Waals surface area contributed by atoms with E-state index in [9.17, 15) is 0 Å². The lowest BCUT2D eigenvalue weighted by Crippen LogP contribution is -2.37. The minimum Gasteiger partial charge on any atom is -0.312 e. The molecule has 2 nitrogen and oxygen atoms in total. The predicted octanol–water partition coefficient (Wildman–Crippen LogP) is 1.08. The molecule has 0 aliphatic carbocycles. The topological polar surface area (TPSA) is 15.3 Å². The molecule has 0 spiro atoms. The number of nitrogens with zero attached hydrogens (tertiary/aromatic N) is 1. The van der Waals surface area contributed by atoms with Crippen LogP contribution in [0.2, 0.25) is 0 Å². The van der Waals surface area contributed by atoms with Crippen molar-refractivity contribution in [2.75, 3.05) is 13.1 Å². The summed E-state index contributed by atoms with van der Waals surface area (Å²) < 4.78 is 0. The van der Waals surface area contributed by atoms with Crippen LogP contribution in [0.25, 0.3) is 0 Å². The van der Waals surface area contributed by atoms with E-state index in [2.05, 4.69) is 31.0 Å². The van der Waals surface area contributed by atoms with Crippen LogP contribution in [-0.2, 0) is 0 Å². The van der Waals surface area contributed by atoms with Gasteiger partial charge in [0.05, 0.1) is 0 Å². The molecule has 2 saturated heterocycles. The Morgan fingerprint density at radius 1 is 1.42 bits per heavy atom. The highest BCUT2D eigenvalue weighted by atomic mass is 15.3. The van der Waals surface area contributed by atoms with Gasteiger partial charge < -0.3 is 5.32 Å². The molecule has 0 saturated carbocycles. The van der Waals surface area contributed by atoms with Gasteiger partial charge in [0.1, 0.15) is 0 Å². The first-order valence-corrected chi connectivity index (χ1v) is 5.19. The minimum atomic E-state index is 0.715. The third-order valence-corrected chi connectivity index (χ3v) is 3.61. The van der Waals surface area contributed by atoms with Gasteiger partial charge in [-0.2, -0.15) is 0 Å². The van der Waals surface area contributed by atoms with Crippen LogP contribution in [0.4, 0.5) is 0 Å². The van der Waals surface area contributed by atoms with E-state index in [0.29, 0.717) is 6.04 Å². The largest absolute Gasteiger partial charge is 0.312 e. The molecule has 2 heterocycles. The maximum absolute atomic E-state index is 3.59. The molecule has 3 unspecified atom stereocenters. The average Bonchev–Trinajstić information content (AvgIpc) is 2.53. The summed E-state index contributed by atoms with van der Waals surface area (Å²) in [5.41, 5.74) is 0. The lowest BCUT2D eigenvalue weighted by Gasteiger charge is -2.27. The van der Waals surface area contributed by atoms with Crippen molar-refractivity contribution in [2.45, 2.75) is 45.3 Å². The lowest BCUT2D eigenvalue weighted by molar-refractivity contribution is 0.191. The molecule has 0 aromatic carbocycles. The van der Waals surface area contributed by atoms with Crippen LogP contribution < -0.4 is 5.32 Å². The highest BCUT2D eigenvalue weighted by molar-refractivity contribution is 4.99. The lowest BCUT2D eigenvalue weighted by atomic mass is 9.98. The quantitative estimate of drug-likeness (QED) is 0.630. The fourth-order valence-corrected chi connectivity index (χ4v) is 2.89. The normalized spacial score (nSPS) is 42.5. The van der Waals surface area contributed by atoms with Crippen LogP contribution >= 0.6 is 0 Å². The molecule has 0 aromatic rings. The summed E-state index contributed by atoms with van der Waals surface area (Å²) in [6.45, 7) is 9.50. The molecular formula is C10H20N2. The summed E-state index contributed by atoms with van der Waals surface area (Å²) in [6, 6.07) is 2.31. The smallest absolute Gasteiger partial charge is 0.0238 e. The Labute approximate surface area is 75.3 Å². The average molecular weight is 168 g/mol. The first-order valence-electron chi connectivity index (χ1n) is 5.19. The summed E-state index contributed by atoms with van der Waals surface area (Å²) in [7, 11) is 0. The van der Waals surface area contributed by atoms with E-state index in [-0.39, 0.29) is 0 Å². The zero-order valence-electron chi connectivity index (χ0n) is 8.38. The van der Waals surface area contributed by atoms with Crippen molar-refractivity contribution in [1.29, 1.82) is 0 Å². The van der Waals surface area contributed by atoms with Crippen LogP contribution in [0.15, 0.2) is 0 Å². The van der Waals surface area contributed by atoms with Gasteiger partial charge in [-0.25, -0.2) is 0 Å². The van der Waals surface area contributed by atoms with Gasteiger partial charge in [-0.15, -0.1) is 0 Å². The number of hydrogen-bond acceptors (Lipinski definition) is 2. The Bertz CT molecular complexity index is 167.